The summed E-state index contributed by atoms with van der Waals surface area (Å²) >= 11 is 0. The Kier molecular flexibility index (Phi) is 5.43. The third kappa shape index (κ3) is 3.87. The van der Waals surface area contributed by atoms with E-state index in [9.17, 15) is 27.7 Å². The van der Waals surface area contributed by atoms with Crippen molar-refractivity contribution in [2.75, 3.05) is 33.2 Å². The van der Waals surface area contributed by atoms with E-state index in [1.54, 1.807) is 4.90 Å². The van der Waals surface area contributed by atoms with Crippen LogP contribution in [-0.4, -0.2) is 62.3 Å². The SMILES string of the molecule is CN1CCN(C(=O)c2ccc(S(=O)(=O)c3ccc(F)cc3)c([N+](=O)[O-])c2)CC1. The number of halogens is 1. The summed E-state index contributed by atoms with van der Waals surface area (Å²) in [4.78, 5) is 26.1. The summed E-state index contributed by atoms with van der Waals surface area (Å²) in [7, 11) is -2.31. The van der Waals surface area contributed by atoms with E-state index >= 15 is 0 Å². The molecule has 2 aromatic rings. The van der Waals surface area contributed by atoms with Gasteiger partial charge in [-0.15, -0.1) is 0 Å². The molecule has 28 heavy (non-hydrogen) atoms. The van der Waals surface area contributed by atoms with Gasteiger partial charge in [0.15, 0.2) is 0 Å². The van der Waals surface area contributed by atoms with Crippen molar-refractivity contribution in [2.45, 2.75) is 9.79 Å². The third-order valence-corrected chi connectivity index (χ3v) is 6.42. The number of hydrogen-bond acceptors (Lipinski definition) is 6. The molecule has 1 aliphatic heterocycles. The van der Waals surface area contributed by atoms with Crippen LogP contribution in [0.5, 0.6) is 0 Å². The fourth-order valence-corrected chi connectivity index (χ4v) is 4.36. The lowest BCUT2D eigenvalue weighted by atomic mass is 10.1. The van der Waals surface area contributed by atoms with Crippen molar-refractivity contribution in [3.8, 4) is 0 Å². The summed E-state index contributed by atoms with van der Waals surface area (Å²) < 4.78 is 38.6. The second-order valence-corrected chi connectivity index (χ2v) is 8.41. The maximum absolute atomic E-state index is 13.1. The molecular weight excluding hydrogens is 389 g/mol. The number of amides is 1. The van der Waals surface area contributed by atoms with Crippen molar-refractivity contribution in [1.29, 1.82) is 0 Å². The molecule has 0 radical (unpaired) electrons. The van der Waals surface area contributed by atoms with Gasteiger partial charge in [-0.2, -0.15) is 0 Å². The Labute approximate surface area is 161 Å². The number of nitro benzene ring substituents is 1. The molecule has 10 heteroatoms. The van der Waals surface area contributed by atoms with Gasteiger partial charge in [0, 0.05) is 37.8 Å². The normalized spacial score (nSPS) is 15.4. The fraction of sp³-hybridized carbons (Fsp3) is 0.278. The van der Waals surface area contributed by atoms with Crippen molar-refractivity contribution in [3.63, 3.8) is 0 Å². The van der Waals surface area contributed by atoms with Crippen LogP contribution in [0.15, 0.2) is 52.3 Å². The van der Waals surface area contributed by atoms with E-state index in [4.69, 9.17) is 0 Å². The second-order valence-electron chi connectivity index (χ2n) is 6.49. The molecule has 0 bridgehead atoms. The van der Waals surface area contributed by atoms with Gasteiger partial charge in [-0.25, -0.2) is 12.8 Å². The number of carbonyl (C=O) groups excluding carboxylic acids is 1. The molecule has 2 aromatic carbocycles. The maximum atomic E-state index is 13.1. The lowest BCUT2D eigenvalue weighted by molar-refractivity contribution is -0.387. The second kappa shape index (κ2) is 7.64. The van der Waals surface area contributed by atoms with Gasteiger partial charge in [0.1, 0.15) is 10.7 Å². The van der Waals surface area contributed by atoms with E-state index in [1.165, 1.54) is 6.07 Å². The summed E-state index contributed by atoms with van der Waals surface area (Å²) in [6.45, 7) is 2.34. The highest BCUT2D eigenvalue weighted by Gasteiger charge is 2.30. The minimum absolute atomic E-state index is 0.0503. The Morgan fingerprint density at radius 2 is 1.68 bits per heavy atom. The lowest BCUT2D eigenvalue weighted by Gasteiger charge is -2.32. The highest BCUT2D eigenvalue weighted by atomic mass is 32.2. The number of hydrogen-bond donors (Lipinski definition) is 0. The van der Waals surface area contributed by atoms with Crippen molar-refractivity contribution in [1.82, 2.24) is 9.80 Å². The number of carbonyl (C=O) groups is 1. The standard InChI is InChI=1S/C18H18FN3O5S/c1-20-8-10-21(11-9-20)18(23)13-2-7-17(16(12-13)22(24)25)28(26,27)15-5-3-14(19)4-6-15/h2-7,12H,8-11H2,1H3. The van der Waals surface area contributed by atoms with Gasteiger partial charge in [-0.1, -0.05) is 0 Å². The Morgan fingerprint density at radius 3 is 2.25 bits per heavy atom. The van der Waals surface area contributed by atoms with Crippen molar-refractivity contribution in [2.24, 2.45) is 0 Å². The number of nitrogens with zero attached hydrogens (tertiary/aromatic N) is 3. The van der Waals surface area contributed by atoms with E-state index in [-0.39, 0.29) is 16.4 Å². The number of sulfone groups is 1. The van der Waals surface area contributed by atoms with Gasteiger partial charge in [0.05, 0.1) is 9.82 Å². The monoisotopic (exact) mass is 407 g/mol. The van der Waals surface area contributed by atoms with Gasteiger partial charge >= 0.3 is 0 Å². The largest absolute Gasteiger partial charge is 0.336 e. The zero-order valence-electron chi connectivity index (χ0n) is 15.0. The van der Waals surface area contributed by atoms with E-state index < -0.39 is 31.2 Å². The van der Waals surface area contributed by atoms with Crippen molar-refractivity contribution < 1.29 is 22.5 Å². The van der Waals surface area contributed by atoms with Crippen LogP contribution in [0.1, 0.15) is 10.4 Å². The van der Waals surface area contributed by atoms with Crippen LogP contribution in [0.25, 0.3) is 0 Å². The van der Waals surface area contributed by atoms with Crippen LogP contribution in [0, 0.1) is 15.9 Å². The van der Waals surface area contributed by atoms with Crippen LogP contribution in [0.4, 0.5) is 10.1 Å². The van der Waals surface area contributed by atoms with Crippen LogP contribution in [0.2, 0.25) is 0 Å². The average molecular weight is 407 g/mol. The number of likely N-dealkylation sites (N-methyl/N-ethyl adjacent to an activating group) is 1. The zero-order valence-corrected chi connectivity index (χ0v) is 15.9. The minimum atomic E-state index is -4.25. The van der Waals surface area contributed by atoms with Crippen molar-refractivity contribution >= 4 is 21.4 Å². The van der Waals surface area contributed by atoms with Crippen LogP contribution in [-0.2, 0) is 9.84 Å². The van der Waals surface area contributed by atoms with E-state index in [0.29, 0.717) is 26.2 Å². The zero-order chi connectivity index (χ0) is 20.5. The molecule has 8 nitrogen and oxygen atoms in total. The molecule has 1 saturated heterocycles. The number of piperazine rings is 1. The topological polar surface area (TPSA) is 101 Å². The van der Waals surface area contributed by atoms with E-state index in [1.807, 2.05) is 7.05 Å². The predicted molar refractivity (Wildman–Crippen MR) is 98.3 cm³/mol. The molecule has 148 valence electrons. The number of benzene rings is 2. The minimum Gasteiger partial charge on any atom is -0.336 e. The Balaban J connectivity index is 1.99. The molecule has 0 aromatic heterocycles. The van der Waals surface area contributed by atoms with E-state index in [0.717, 1.165) is 36.4 Å². The molecule has 0 aliphatic carbocycles. The van der Waals surface area contributed by atoms with Gasteiger partial charge in [0.25, 0.3) is 11.6 Å². The molecule has 0 N–H and O–H groups in total. The van der Waals surface area contributed by atoms with Gasteiger partial charge < -0.3 is 9.80 Å². The summed E-state index contributed by atoms with van der Waals surface area (Å²) in [5.41, 5.74) is -0.640. The summed E-state index contributed by atoms with van der Waals surface area (Å²) in [6, 6.07) is 7.31. The highest BCUT2D eigenvalue weighted by Crippen LogP contribution is 2.30. The number of nitro groups is 1. The Morgan fingerprint density at radius 1 is 1.07 bits per heavy atom. The third-order valence-electron chi connectivity index (χ3n) is 4.61. The molecule has 3 rings (SSSR count). The molecule has 1 heterocycles. The molecule has 0 unspecified atom stereocenters. The number of rotatable bonds is 4. The first kappa shape index (κ1) is 19.9. The first-order valence-corrected chi connectivity index (χ1v) is 9.95. The Bertz CT molecular complexity index is 1020. The first-order valence-electron chi connectivity index (χ1n) is 8.47. The molecule has 1 amide bonds. The van der Waals surface area contributed by atoms with Gasteiger partial charge in [0.2, 0.25) is 9.84 Å². The Hall–Kier alpha value is -2.85. The molecule has 0 saturated carbocycles. The van der Waals surface area contributed by atoms with Crippen molar-refractivity contribution in [3.05, 3.63) is 64.0 Å². The van der Waals surface area contributed by atoms with E-state index in [2.05, 4.69) is 4.90 Å². The molecular formula is C18H18FN3O5S. The smallest absolute Gasteiger partial charge is 0.289 e. The fourth-order valence-electron chi connectivity index (χ4n) is 2.95. The van der Waals surface area contributed by atoms with Gasteiger partial charge in [-0.05, 0) is 43.4 Å². The van der Waals surface area contributed by atoms with Crippen LogP contribution >= 0.6 is 0 Å². The van der Waals surface area contributed by atoms with Crippen LogP contribution < -0.4 is 0 Å². The predicted octanol–water partition coefficient (Wildman–Crippen LogP) is 1.95. The van der Waals surface area contributed by atoms with Crippen LogP contribution in [0.3, 0.4) is 0 Å². The summed E-state index contributed by atoms with van der Waals surface area (Å²) in [5, 5.41) is 11.5. The first-order chi connectivity index (χ1) is 13.2. The average Bonchev–Trinajstić information content (AvgIpc) is 2.68. The summed E-state index contributed by atoms with van der Waals surface area (Å²) in [6.07, 6.45) is 0. The lowest BCUT2D eigenvalue weighted by Crippen LogP contribution is -2.47. The highest BCUT2D eigenvalue weighted by molar-refractivity contribution is 7.91. The van der Waals surface area contributed by atoms with Gasteiger partial charge in [-0.3, -0.25) is 14.9 Å². The quantitative estimate of drug-likeness (QED) is 0.436. The molecule has 0 atom stereocenters. The molecule has 0 spiro atoms. The molecule has 1 fully saturated rings. The maximum Gasteiger partial charge on any atom is 0.289 e. The summed E-state index contributed by atoms with van der Waals surface area (Å²) in [5.74, 6) is -1.01. The molecule has 1 aliphatic rings.